The van der Waals surface area contributed by atoms with Gasteiger partial charge >= 0.3 is 5.97 Å². The van der Waals surface area contributed by atoms with E-state index in [-0.39, 0.29) is 23.2 Å². The number of hydrogen-bond donors (Lipinski definition) is 1. The highest BCUT2D eigenvalue weighted by molar-refractivity contribution is 5.95. The molecule has 0 aliphatic rings. The lowest BCUT2D eigenvalue weighted by atomic mass is 10.1. The highest BCUT2D eigenvalue weighted by Gasteiger charge is 2.16. The topological polar surface area (TPSA) is 74.4 Å². The molecule has 0 saturated carbocycles. The van der Waals surface area contributed by atoms with E-state index in [4.69, 9.17) is 10.5 Å². The molecular weight excluding hydrogens is 232 g/mol. The summed E-state index contributed by atoms with van der Waals surface area (Å²) in [4.78, 5) is 15.5. The summed E-state index contributed by atoms with van der Waals surface area (Å²) in [6.07, 6.45) is 2.37. The van der Waals surface area contributed by atoms with Crippen LogP contribution in [-0.2, 0) is 4.74 Å². The summed E-state index contributed by atoms with van der Waals surface area (Å²) >= 11 is 0. The number of ether oxygens (including phenoxy) is 2. The van der Waals surface area contributed by atoms with E-state index in [1.165, 1.54) is 19.4 Å². The van der Waals surface area contributed by atoms with Crippen LogP contribution in [-0.4, -0.2) is 24.2 Å². The number of pyridine rings is 1. The van der Waals surface area contributed by atoms with Gasteiger partial charge < -0.3 is 15.2 Å². The molecule has 0 amide bonds. The molecule has 5 heteroatoms. The van der Waals surface area contributed by atoms with E-state index < -0.39 is 5.97 Å². The maximum atomic E-state index is 11.5. The second kappa shape index (κ2) is 6.23. The van der Waals surface area contributed by atoms with Gasteiger partial charge in [-0.1, -0.05) is 13.8 Å². The summed E-state index contributed by atoms with van der Waals surface area (Å²) in [5.41, 5.74) is 6.35. The van der Waals surface area contributed by atoms with Crippen molar-refractivity contribution in [3.63, 3.8) is 0 Å². The van der Waals surface area contributed by atoms with Crippen LogP contribution < -0.4 is 10.5 Å². The van der Waals surface area contributed by atoms with E-state index in [0.717, 1.165) is 6.42 Å². The standard InChI is InChI=1S/C13H20N2O3/c1-8(2)7-9(3)18-12-11(14)10(5-6-15-12)13(16)17-4/h5-6,8-9H,7,14H2,1-4H3. The molecule has 5 nitrogen and oxygen atoms in total. The van der Waals surface area contributed by atoms with Gasteiger partial charge in [0.25, 0.3) is 0 Å². The average molecular weight is 252 g/mol. The lowest BCUT2D eigenvalue weighted by molar-refractivity contribution is 0.0601. The number of esters is 1. The molecule has 0 aliphatic carbocycles. The Bertz CT molecular complexity index is 419. The Kier molecular flexibility index (Phi) is 4.95. The minimum absolute atomic E-state index is 0.00676. The lowest BCUT2D eigenvalue weighted by Gasteiger charge is -2.17. The summed E-state index contributed by atoms with van der Waals surface area (Å²) in [7, 11) is 1.31. The molecule has 1 rings (SSSR count). The van der Waals surface area contributed by atoms with Gasteiger partial charge in [-0.25, -0.2) is 9.78 Å². The molecule has 0 radical (unpaired) electrons. The molecule has 0 aromatic carbocycles. The minimum Gasteiger partial charge on any atom is -0.473 e. The van der Waals surface area contributed by atoms with Crippen LogP contribution in [0.3, 0.4) is 0 Å². The number of nitrogens with two attached hydrogens (primary N) is 1. The van der Waals surface area contributed by atoms with Crippen LogP contribution in [0.4, 0.5) is 5.69 Å². The number of rotatable bonds is 5. The fourth-order valence-corrected chi connectivity index (χ4v) is 1.74. The number of nitrogen functional groups attached to an aromatic ring is 1. The summed E-state index contributed by atoms with van der Waals surface area (Å²) in [6, 6.07) is 1.52. The first kappa shape index (κ1) is 14.3. The van der Waals surface area contributed by atoms with Crippen molar-refractivity contribution in [2.45, 2.75) is 33.3 Å². The van der Waals surface area contributed by atoms with E-state index in [0.29, 0.717) is 5.92 Å². The Morgan fingerprint density at radius 2 is 2.11 bits per heavy atom. The molecule has 1 aromatic heterocycles. The molecule has 0 saturated heterocycles. The van der Waals surface area contributed by atoms with Gasteiger partial charge in [0.05, 0.1) is 18.8 Å². The van der Waals surface area contributed by atoms with Crippen molar-refractivity contribution in [1.82, 2.24) is 4.98 Å². The molecule has 2 N–H and O–H groups in total. The number of carbonyl (C=O) groups is 1. The van der Waals surface area contributed by atoms with E-state index in [2.05, 4.69) is 23.6 Å². The number of anilines is 1. The summed E-state index contributed by atoms with van der Waals surface area (Å²) in [5.74, 6) is 0.312. The quantitative estimate of drug-likeness (QED) is 0.813. The monoisotopic (exact) mass is 252 g/mol. The van der Waals surface area contributed by atoms with Crippen molar-refractivity contribution in [1.29, 1.82) is 0 Å². The maximum Gasteiger partial charge on any atom is 0.340 e. The van der Waals surface area contributed by atoms with Crippen LogP contribution in [0.25, 0.3) is 0 Å². The third-order valence-corrected chi connectivity index (χ3v) is 2.48. The molecule has 0 fully saturated rings. The Morgan fingerprint density at radius 1 is 1.44 bits per heavy atom. The first-order valence-corrected chi connectivity index (χ1v) is 5.95. The molecule has 0 aliphatic heterocycles. The largest absolute Gasteiger partial charge is 0.473 e. The van der Waals surface area contributed by atoms with E-state index >= 15 is 0 Å². The van der Waals surface area contributed by atoms with Gasteiger partial charge in [0, 0.05) is 6.20 Å². The molecule has 1 atom stereocenters. The zero-order chi connectivity index (χ0) is 13.7. The third-order valence-electron chi connectivity index (χ3n) is 2.48. The van der Waals surface area contributed by atoms with Crippen LogP contribution in [0.15, 0.2) is 12.3 Å². The molecule has 0 spiro atoms. The van der Waals surface area contributed by atoms with Gasteiger partial charge in [0.2, 0.25) is 5.88 Å². The van der Waals surface area contributed by atoms with Crippen LogP contribution in [0.2, 0.25) is 0 Å². The first-order valence-electron chi connectivity index (χ1n) is 5.95. The summed E-state index contributed by atoms with van der Waals surface area (Å²) in [5, 5.41) is 0. The smallest absolute Gasteiger partial charge is 0.340 e. The highest BCUT2D eigenvalue weighted by Crippen LogP contribution is 2.24. The van der Waals surface area contributed by atoms with Gasteiger partial charge in [0.1, 0.15) is 5.69 Å². The number of aromatic nitrogens is 1. The number of carbonyl (C=O) groups excluding carboxylic acids is 1. The molecule has 18 heavy (non-hydrogen) atoms. The summed E-state index contributed by atoms with van der Waals surface area (Å²) < 4.78 is 10.3. The van der Waals surface area contributed by atoms with E-state index in [9.17, 15) is 4.79 Å². The van der Waals surface area contributed by atoms with Crippen molar-refractivity contribution in [3.8, 4) is 5.88 Å². The first-order chi connectivity index (χ1) is 8.45. The number of methoxy groups -OCH3 is 1. The zero-order valence-electron chi connectivity index (χ0n) is 11.3. The normalized spacial score (nSPS) is 12.3. The van der Waals surface area contributed by atoms with Gasteiger partial charge in [-0.3, -0.25) is 0 Å². The molecular formula is C13H20N2O3. The maximum absolute atomic E-state index is 11.5. The average Bonchev–Trinajstić information content (AvgIpc) is 2.30. The van der Waals surface area contributed by atoms with Gasteiger partial charge in [-0.15, -0.1) is 0 Å². The molecule has 1 aromatic rings. The van der Waals surface area contributed by atoms with Crippen LogP contribution in [0.5, 0.6) is 5.88 Å². The Hall–Kier alpha value is -1.78. The zero-order valence-corrected chi connectivity index (χ0v) is 11.3. The van der Waals surface area contributed by atoms with Gasteiger partial charge in [-0.05, 0) is 25.3 Å². The van der Waals surface area contributed by atoms with Crippen molar-refractivity contribution >= 4 is 11.7 Å². The van der Waals surface area contributed by atoms with Gasteiger partial charge in [-0.2, -0.15) is 0 Å². The Morgan fingerprint density at radius 3 is 2.67 bits per heavy atom. The predicted octanol–water partition coefficient (Wildman–Crippen LogP) is 2.26. The fourth-order valence-electron chi connectivity index (χ4n) is 1.74. The molecule has 100 valence electrons. The minimum atomic E-state index is -0.490. The number of nitrogens with zero attached hydrogens (tertiary/aromatic N) is 1. The van der Waals surface area contributed by atoms with Crippen molar-refractivity contribution in [2.24, 2.45) is 5.92 Å². The summed E-state index contributed by atoms with van der Waals surface area (Å²) in [6.45, 7) is 6.18. The number of hydrogen-bond acceptors (Lipinski definition) is 5. The third kappa shape index (κ3) is 3.61. The van der Waals surface area contributed by atoms with Crippen molar-refractivity contribution in [3.05, 3.63) is 17.8 Å². The van der Waals surface area contributed by atoms with Gasteiger partial charge in [0.15, 0.2) is 0 Å². The Labute approximate surface area is 107 Å². The molecule has 0 bridgehead atoms. The second-order valence-corrected chi connectivity index (χ2v) is 4.63. The van der Waals surface area contributed by atoms with Crippen molar-refractivity contribution in [2.75, 3.05) is 12.8 Å². The highest BCUT2D eigenvalue weighted by atomic mass is 16.5. The van der Waals surface area contributed by atoms with Crippen LogP contribution >= 0.6 is 0 Å². The van der Waals surface area contributed by atoms with E-state index in [1.807, 2.05) is 6.92 Å². The Balaban J connectivity index is 2.87. The SMILES string of the molecule is COC(=O)c1ccnc(OC(C)CC(C)C)c1N. The van der Waals surface area contributed by atoms with Crippen LogP contribution in [0.1, 0.15) is 37.6 Å². The lowest BCUT2D eigenvalue weighted by Crippen LogP contribution is -2.17. The van der Waals surface area contributed by atoms with Crippen LogP contribution in [0, 0.1) is 5.92 Å². The molecule has 1 heterocycles. The van der Waals surface area contributed by atoms with E-state index in [1.54, 1.807) is 0 Å². The predicted molar refractivity (Wildman–Crippen MR) is 69.5 cm³/mol. The van der Waals surface area contributed by atoms with Crippen molar-refractivity contribution < 1.29 is 14.3 Å². The molecule has 1 unspecified atom stereocenters. The second-order valence-electron chi connectivity index (χ2n) is 4.63. The fraction of sp³-hybridized carbons (Fsp3) is 0.538.